The van der Waals surface area contributed by atoms with Gasteiger partial charge in [0.25, 0.3) is 0 Å². The van der Waals surface area contributed by atoms with Crippen molar-refractivity contribution < 1.29 is 0 Å². The fourth-order valence-electron chi connectivity index (χ4n) is 7.97. The molecule has 2 heterocycles. The molecule has 1 aromatic heterocycles. The van der Waals surface area contributed by atoms with E-state index in [9.17, 15) is 0 Å². The van der Waals surface area contributed by atoms with Crippen LogP contribution in [0.25, 0.3) is 72.5 Å². The van der Waals surface area contributed by atoms with E-state index in [4.69, 9.17) is 9.97 Å². The third-order valence-electron chi connectivity index (χ3n) is 10.7. The van der Waals surface area contributed by atoms with Crippen LogP contribution >= 0.6 is 0 Å². The second-order valence-corrected chi connectivity index (χ2v) is 14.2. The van der Waals surface area contributed by atoms with Gasteiger partial charge < -0.3 is 5.32 Å². The summed E-state index contributed by atoms with van der Waals surface area (Å²) in [4.78, 5) is 10.3. The van der Waals surface area contributed by atoms with Crippen LogP contribution in [0, 0.1) is 0 Å². The fraction of sp³-hybridized carbons (Fsp3) is 0.0189. The summed E-state index contributed by atoms with van der Waals surface area (Å²) in [6.07, 6.45) is 2.38. The van der Waals surface area contributed by atoms with E-state index in [1.165, 1.54) is 44.2 Å². The first-order chi connectivity index (χ1) is 27.7. The Bertz CT molecular complexity index is 2870. The molecule has 0 amide bonds. The summed E-state index contributed by atoms with van der Waals surface area (Å²) < 4.78 is 0. The van der Waals surface area contributed by atoms with Crippen LogP contribution in [0.3, 0.4) is 0 Å². The van der Waals surface area contributed by atoms with E-state index in [-0.39, 0.29) is 6.04 Å². The summed E-state index contributed by atoms with van der Waals surface area (Å²) in [5, 5.41) is 6.35. The summed E-state index contributed by atoms with van der Waals surface area (Å²) in [6.45, 7) is 0. The number of hydrogen-bond acceptors (Lipinski definition) is 3. The average Bonchev–Trinajstić information content (AvgIpc) is 3.29. The van der Waals surface area contributed by atoms with E-state index in [0.29, 0.717) is 5.82 Å². The molecular weight excluding hydrogens is 679 g/mol. The van der Waals surface area contributed by atoms with Crippen LogP contribution in [0.4, 0.5) is 5.69 Å². The molecule has 10 rings (SSSR count). The van der Waals surface area contributed by atoms with Gasteiger partial charge in [0, 0.05) is 27.9 Å². The Hall–Kier alpha value is -7.36. The molecule has 3 nitrogen and oxygen atoms in total. The van der Waals surface area contributed by atoms with Gasteiger partial charge >= 0.3 is 0 Å². The van der Waals surface area contributed by atoms with Gasteiger partial charge in [-0.15, -0.1) is 0 Å². The van der Waals surface area contributed by atoms with Gasteiger partial charge in [-0.3, -0.25) is 0 Å². The molecule has 0 saturated carbocycles. The van der Waals surface area contributed by atoms with Gasteiger partial charge in [0.1, 0.15) is 0 Å². The topological polar surface area (TPSA) is 37.8 Å². The lowest BCUT2D eigenvalue weighted by Gasteiger charge is -2.29. The van der Waals surface area contributed by atoms with Gasteiger partial charge in [-0.25, -0.2) is 9.97 Å². The SMILES string of the molecule is C1=C(c2ccccc2)c2c(cc(-c3cccc(-c4cc(-c5cccc(-c6ccccc6)c5)nc(-c5ccccc5)n4)c3)c3ccccc23)NC1c1ccccc1. The maximum absolute atomic E-state index is 5.20. The first kappa shape index (κ1) is 33.2. The minimum absolute atomic E-state index is 0.0236. The molecule has 0 spiro atoms. The molecule has 1 atom stereocenters. The zero-order chi connectivity index (χ0) is 37.3. The molecule has 1 aliphatic heterocycles. The van der Waals surface area contributed by atoms with Gasteiger partial charge in [-0.05, 0) is 80.1 Å². The lowest BCUT2D eigenvalue weighted by Crippen LogP contribution is -2.15. The summed E-state index contributed by atoms with van der Waals surface area (Å²) in [6, 6.07) is 72.9. The molecule has 0 fully saturated rings. The Morgan fingerprint density at radius 3 is 1.54 bits per heavy atom. The maximum Gasteiger partial charge on any atom is 0.160 e. The summed E-state index contributed by atoms with van der Waals surface area (Å²) in [5.74, 6) is 0.698. The second kappa shape index (κ2) is 14.5. The van der Waals surface area contributed by atoms with E-state index >= 15 is 0 Å². The van der Waals surface area contributed by atoms with Crippen LogP contribution in [-0.4, -0.2) is 9.97 Å². The summed E-state index contributed by atoms with van der Waals surface area (Å²) >= 11 is 0. The molecule has 9 aromatic rings. The predicted octanol–water partition coefficient (Wildman–Crippen LogP) is 13.6. The highest BCUT2D eigenvalue weighted by molar-refractivity contribution is 6.10. The third kappa shape index (κ3) is 6.36. The highest BCUT2D eigenvalue weighted by Crippen LogP contribution is 2.46. The van der Waals surface area contributed by atoms with Crippen molar-refractivity contribution in [3.05, 3.63) is 229 Å². The lowest BCUT2D eigenvalue weighted by molar-refractivity contribution is 0.975. The zero-order valence-electron chi connectivity index (χ0n) is 30.7. The lowest BCUT2D eigenvalue weighted by atomic mass is 9.84. The van der Waals surface area contributed by atoms with E-state index in [2.05, 4.69) is 193 Å². The Morgan fingerprint density at radius 2 is 0.875 bits per heavy atom. The molecule has 56 heavy (non-hydrogen) atoms. The second-order valence-electron chi connectivity index (χ2n) is 14.2. The van der Waals surface area contributed by atoms with Crippen molar-refractivity contribution in [1.82, 2.24) is 9.97 Å². The molecule has 0 aliphatic carbocycles. The molecule has 3 heteroatoms. The minimum atomic E-state index is 0.0236. The quantitative estimate of drug-likeness (QED) is 0.178. The fourth-order valence-corrected chi connectivity index (χ4v) is 7.97. The number of fused-ring (bicyclic) bond motifs is 3. The molecule has 1 aliphatic rings. The van der Waals surface area contributed by atoms with Crippen LogP contribution < -0.4 is 5.32 Å². The molecule has 0 radical (unpaired) electrons. The first-order valence-electron chi connectivity index (χ1n) is 19.1. The van der Waals surface area contributed by atoms with Gasteiger partial charge in [-0.2, -0.15) is 0 Å². The monoisotopic (exact) mass is 715 g/mol. The van der Waals surface area contributed by atoms with Crippen molar-refractivity contribution in [3.63, 3.8) is 0 Å². The standard InChI is InChI=1S/C53H37N3/c1-5-17-36(18-6-1)40-25-15-27-42(31-40)49-35-50(56-53(55-49)39-23-11-4-12-24-39)43-28-16-26-41(32-43)46-33-51-52(45-30-14-13-29-44(45)46)47(37-19-7-2-8-20-37)34-48(54-51)38-21-9-3-10-22-38/h1-35,48,54H. The number of hydrogen-bond donors (Lipinski definition) is 1. The number of nitrogens with zero attached hydrogens (tertiary/aromatic N) is 2. The maximum atomic E-state index is 5.20. The Kier molecular flexibility index (Phi) is 8.58. The van der Waals surface area contributed by atoms with Crippen LogP contribution in [0.2, 0.25) is 0 Å². The number of benzene rings is 8. The van der Waals surface area contributed by atoms with Gasteiger partial charge in [-0.1, -0.05) is 182 Å². The molecular formula is C53H37N3. The van der Waals surface area contributed by atoms with E-state index in [1.54, 1.807) is 0 Å². The Morgan fingerprint density at radius 1 is 0.375 bits per heavy atom. The van der Waals surface area contributed by atoms with Crippen molar-refractivity contribution in [2.45, 2.75) is 6.04 Å². The number of nitrogens with one attached hydrogen (secondary N) is 1. The number of aromatic nitrogens is 2. The van der Waals surface area contributed by atoms with E-state index in [0.717, 1.165) is 44.9 Å². The molecule has 8 aromatic carbocycles. The molecule has 0 bridgehead atoms. The number of rotatable bonds is 7. The predicted molar refractivity (Wildman–Crippen MR) is 233 cm³/mol. The van der Waals surface area contributed by atoms with Gasteiger partial charge in [0.05, 0.1) is 17.4 Å². The van der Waals surface area contributed by atoms with Crippen molar-refractivity contribution in [2.24, 2.45) is 0 Å². The molecule has 1 N–H and O–H groups in total. The third-order valence-corrected chi connectivity index (χ3v) is 10.7. The minimum Gasteiger partial charge on any atom is -0.374 e. The average molecular weight is 716 g/mol. The highest BCUT2D eigenvalue weighted by atomic mass is 14.9. The molecule has 0 saturated heterocycles. The van der Waals surface area contributed by atoms with Crippen LogP contribution in [0.5, 0.6) is 0 Å². The van der Waals surface area contributed by atoms with Crippen molar-refractivity contribution in [1.29, 1.82) is 0 Å². The van der Waals surface area contributed by atoms with Crippen molar-refractivity contribution >= 4 is 22.0 Å². The van der Waals surface area contributed by atoms with Crippen LogP contribution in [-0.2, 0) is 0 Å². The smallest absolute Gasteiger partial charge is 0.160 e. The Balaban J connectivity index is 1.12. The van der Waals surface area contributed by atoms with Crippen LogP contribution in [0.15, 0.2) is 212 Å². The summed E-state index contributed by atoms with van der Waals surface area (Å²) in [5.41, 5.74) is 15.5. The first-order valence-corrected chi connectivity index (χ1v) is 19.1. The van der Waals surface area contributed by atoms with E-state index < -0.39 is 0 Å². The van der Waals surface area contributed by atoms with E-state index in [1.807, 2.05) is 24.3 Å². The van der Waals surface area contributed by atoms with Gasteiger partial charge in [0.2, 0.25) is 0 Å². The Labute approximate surface area is 327 Å². The number of anilines is 1. The van der Waals surface area contributed by atoms with Crippen molar-refractivity contribution in [3.8, 4) is 56.2 Å². The van der Waals surface area contributed by atoms with Crippen molar-refractivity contribution in [2.75, 3.05) is 5.32 Å². The normalized spacial score (nSPS) is 13.4. The van der Waals surface area contributed by atoms with Gasteiger partial charge in [0.15, 0.2) is 5.82 Å². The summed E-state index contributed by atoms with van der Waals surface area (Å²) in [7, 11) is 0. The highest BCUT2D eigenvalue weighted by Gasteiger charge is 2.25. The molecule has 1 unspecified atom stereocenters. The molecule has 264 valence electrons. The zero-order valence-corrected chi connectivity index (χ0v) is 30.7. The largest absolute Gasteiger partial charge is 0.374 e. The van der Waals surface area contributed by atoms with Crippen LogP contribution in [0.1, 0.15) is 22.7 Å².